The molecule has 1 aliphatic rings. The Hall–Kier alpha value is -5.40. The fraction of sp³-hybridized carbons (Fsp3) is 0.0638. The van der Waals surface area contributed by atoms with Gasteiger partial charge in [-0.3, -0.25) is 0 Å². The molecule has 9 aromatic rings. The number of hydrogen-bond acceptors (Lipinski definition) is 1. The van der Waals surface area contributed by atoms with E-state index in [0.29, 0.717) is 38.3 Å². The molecule has 9 heteroatoms. The van der Waals surface area contributed by atoms with Crippen molar-refractivity contribution in [2.24, 2.45) is 0 Å². The number of hydrogen-bond donors (Lipinski definition) is 0. The van der Waals surface area contributed by atoms with Crippen molar-refractivity contribution in [2.75, 3.05) is 0 Å². The van der Waals surface area contributed by atoms with Crippen molar-refractivity contribution in [1.29, 1.82) is 0 Å². The van der Waals surface area contributed by atoms with Crippen LogP contribution in [0.15, 0.2) is 114 Å². The van der Waals surface area contributed by atoms with Gasteiger partial charge in [-0.05, 0) is 101 Å². The first kappa shape index (κ1) is 35.0. The lowest BCUT2D eigenvalue weighted by atomic mass is 9.59. The van der Waals surface area contributed by atoms with E-state index in [-0.39, 0.29) is 49.1 Å². The summed E-state index contributed by atoms with van der Waals surface area (Å²) >= 11 is 0. The minimum Gasteiger partial charge on any atom is -0.456 e. The van der Waals surface area contributed by atoms with Crippen LogP contribution >= 0.6 is 0 Å². The number of fused-ring (bicyclic) bond motifs is 8. The summed E-state index contributed by atoms with van der Waals surface area (Å²) in [4.78, 5) is 0. The monoisotopic (exact) mass is 692 g/mol. The van der Waals surface area contributed by atoms with Crippen LogP contribution in [-0.4, -0.2) is 62.8 Å². The van der Waals surface area contributed by atoms with Crippen LogP contribution in [0, 0.1) is 0 Å². The van der Waals surface area contributed by atoms with Crippen molar-refractivity contribution in [2.45, 2.75) is 19.3 Å². The van der Waals surface area contributed by atoms with Crippen molar-refractivity contribution in [3.8, 4) is 44.5 Å². The smallest absolute Gasteiger partial charge is 0.136 e. The number of rotatable bonds is 3. The number of para-hydroxylation sites is 1. The summed E-state index contributed by atoms with van der Waals surface area (Å²) in [5, 5.41) is 4.01. The van der Waals surface area contributed by atoms with E-state index in [2.05, 4.69) is 68.4 Å². The molecule has 0 spiro atoms. The van der Waals surface area contributed by atoms with Crippen LogP contribution in [0.3, 0.4) is 0 Å². The van der Waals surface area contributed by atoms with Crippen molar-refractivity contribution in [1.82, 2.24) is 0 Å². The first-order valence-electron chi connectivity index (χ1n) is 18.4. The van der Waals surface area contributed by atoms with Crippen molar-refractivity contribution >= 4 is 150 Å². The van der Waals surface area contributed by atoms with Crippen LogP contribution in [0.25, 0.3) is 88.0 Å². The molecule has 0 saturated heterocycles. The molecule has 0 saturated carbocycles. The van der Waals surface area contributed by atoms with Crippen LogP contribution in [0.2, 0.25) is 0 Å². The fourth-order valence-corrected chi connectivity index (χ4v) is 9.24. The lowest BCUT2D eigenvalue weighted by molar-refractivity contribution is 0.660. The van der Waals surface area contributed by atoms with Gasteiger partial charge in [-0.2, -0.15) is 0 Å². The maximum absolute atomic E-state index is 7.08. The van der Waals surface area contributed by atoms with Gasteiger partial charge in [0.25, 0.3) is 0 Å². The standard InChI is InChI=1S/C47H24B8O/c1-47(2)28-14-5-3-11-24(28)27-20-22(17-18-29(27)47)21-9-7-10-23(19-21)32-35-37(41(50)45(54)43(52)39(35)48)34(38-36(32)40(49)44(53)46(55)42(38)51)26-13-8-16-31-33(26)25-12-4-6-15-30(25)56-31/h3-20H,1-2H3. The van der Waals surface area contributed by atoms with E-state index in [1.807, 2.05) is 54.6 Å². The van der Waals surface area contributed by atoms with Gasteiger partial charge in [0.05, 0.1) is 0 Å². The average Bonchev–Trinajstić information content (AvgIpc) is 3.71. The Morgan fingerprint density at radius 3 is 1.55 bits per heavy atom. The molecule has 0 aliphatic heterocycles. The Kier molecular flexibility index (Phi) is 7.70. The second-order valence-corrected chi connectivity index (χ2v) is 15.3. The molecule has 0 fully saturated rings. The summed E-state index contributed by atoms with van der Waals surface area (Å²) in [5.41, 5.74) is 12.9. The van der Waals surface area contributed by atoms with Crippen molar-refractivity contribution in [3.05, 3.63) is 120 Å². The zero-order chi connectivity index (χ0) is 38.9. The molecular weight excluding hydrogens is 667 g/mol. The highest BCUT2D eigenvalue weighted by atomic mass is 16.3. The third-order valence-electron chi connectivity index (χ3n) is 12.1. The molecule has 1 aromatic heterocycles. The third kappa shape index (κ3) is 4.67. The van der Waals surface area contributed by atoms with Gasteiger partial charge in [0, 0.05) is 16.2 Å². The molecule has 0 N–H and O–H groups in total. The first-order chi connectivity index (χ1) is 26.9. The minimum absolute atomic E-state index is 0.114. The van der Waals surface area contributed by atoms with Crippen molar-refractivity contribution < 1.29 is 4.42 Å². The van der Waals surface area contributed by atoms with Gasteiger partial charge in [0.2, 0.25) is 0 Å². The van der Waals surface area contributed by atoms with E-state index in [1.54, 1.807) is 0 Å². The molecular formula is C47H24B8O. The van der Waals surface area contributed by atoms with Gasteiger partial charge < -0.3 is 4.42 Å². The summed E-state index contributed by atoms with van der Waals surface area (Å²) in [6.07, 6.45) is 0. The molecule has 0 amide bonds. The summed E-state index contributed by atoms with van der Waals surface area (Å²) in [7, 11) is 55.0. The van der Waals surface area contributed by atoms with E-state index in [4.69, 9.17) is 67.2 Å². The Bertz CT molecular complexity index is 3130. The Morgan fingerprint density at radius 1 is 0.375 bits per heavy atom. The van der Waals surface area contributed by atoms with Gasteiger partial charge in [0.1, 0.15) is 73.9 Å². The minimum atomic E-state index is -0.114. The maximum Gasteiger partial charge on any atom is 0.136 e. The zero-order valence-corrected chi connectivity index (χ0v) is 30.9. The Balaban J connectivity index is 1.35. The molecule has 1 nitrogen and oxygen atoms in total. The third-order valence-corrected chi connectivity index (χ3v) is 12.1. The summed E-state index contributed by atoms with van der Waals surface area (Å²) in [5.74, 6) is 0. The lowest BCUT2D eigenvalue weighted by Gasteiger charge is -2.29. The summed E-state index contributed by atoms with van der Waals surface area (Å²) in [6, 6.07) is 37.2. The van der Waals surface area contributed by atoms with Gasteiger partial charge in [-0.25, -0.2) is 0 Å². The highest BCUT2D eigenvalue weighted by Gasteiger charge is 2.35. The fourth-order valence-electron chi connectivity index (χ4n) is 9.24. The predicted molar refractivity (Wildman–Crippen MR) is 246 cm³/mol. The predicted octanol–water partition coefficient (Wildman–Crippen LogP) is 3.55. The summed E-state index contributed by atoms with van der Waals surface area (Å²) < 4.78 is 6.34. The summed E-state index contributed by atoms with van der Waals surface area (Å²) in [6.45, 7) is 4.55. The normalized spacial score (nSPS) is 13.2. The quantitative estimate of drug-likeness (QED) is 0.204. The van der Waals surface area contributed by atoms with E-state index in [9.17, 15) is 0 Å². The van der Waals surface area contributed by atoms with Crippen molar-refractivity contribution in [3.63, 3.8) is 0 Å². The number of benzene rings is 8. The van der Waals surface area contributed by atoms with E-state index < -0.39 is 0 Å². The Morgan fingerprint density at radius 2 is 0.875 bits per heavy atom. The molecule has 1 aliphatic carbocycles. The largest absolute Gasteiger partial charge is 0.456 e. The van der Waals surface area contributed by atoms with Gasteiger partial charge in [-0.1, -0.05) is 121 Å². The second kappa shape index (κ2) is 12.3. The molecule has 10 rings (SSSR count). The van der Waals surface area contributed by atoms with E-state index >= 15 is 0 Å². The molecule has 56 heavy (non-hydrogen) atoms. The highest BCUT2D eigenvalue weighted by molar-refractivity contribution is 6.71. The van der Waals surface area contributed by atoms with E-state index in [0.717, 1.165) is 38.6 Å². The van der Waals surface area contributed by atoms with Crippen LogP contribution in [0.5, 0.6) is 0 Å². The van der Waals surface area contributed by atoms with Gasteiger partial charge in [-0.15, -0.1) is 21.9 Å². The van der Waals surface area contributed by atoms with Gasteiger partial charge >= 0.3 is 0 Å². The molecule has 0 unspecified atom stereocenters. The van der Waals surface area contributed by atoms with Crippen LogP contribution < -0.4 is 43.7 Å². The number of furan rings is 1. The Labute approximate surface area is 336 Å². The molecule has 0 atom stereocenters. The molecule has 0 bridgehead atoms. The zero-order valence-electron chi connectivity index (χ0n) is 30.9. The topological polar surface area (TPSA) is 13.1 Å². The SMILES string of the molecule is [B]c1c([B])c([B])c2c(-c3cccc4oc5ccccc5c34)c3c([B])c([B])c([B])c([B])c3c(-c3cccc(-c4ccc5c(c4)-c4ccccc4C5(C)C)c3)c2c1[B]. The lowest BCUT2D eigenvalue weighted by Crippen LogP contribution is -2.50. The highest BCUT2D eigenvalue weighted by Crippen LogP contribution is 2.50. The molecule has 242 valence electrons. The first-order valence-corrected chi connectivity index (χ1v) is 18.4. The molecule has 16 radical (unpaired) electrons. The van der Waals surface area contributed by atoms with Gasteiger partial charge in [0.15, 0.2) is 0 Å². The maximum atomic E-state index is 7.08. The van der Waals surface area contributed by atoms with Crippen LogP contribution in [0.1, 0.15) is 25.0 Å². The molecule has 8 aromatic carbocycles. The molecule has 1 heterocycles. The van der Waals surface area contributed by atoms with Crippen LogP contribution in [0.4, 0.5) is 0 Å². The van der Waals surface area contributed by atoms with E-state index in [1.165, 1.54) is 22.3 Å². The average molecular weight is 691 g/mol. The van der Waals surface area contributed by atoms with Crippen LogP contribution in [-0.2, 0) is 5.41 Å². The second-order valence-electron chi connectivity index (χ2n) is 15.3.